The number of aliphatic hydroxyl groups excluding tert-OH is 1. The number of hydrogen-bond donors (Lipinski definition) is 1. The van der Waals surface area contributed by atoms with Crippen LogP contribution in [0.15, 0.2) is 54.6 Å². The zero-order chi connectivity index (χ0) is 23.4. The quantitative estimate of drug-likeness (QED) is 0.415. The minimum absolute atomic E-state index is 0.219. The van der Waals surface area contributed by atoms with Gasteiger partial charge in [0.1, 0.15) is 0 Å². The van der Waals surface area contributed by atoms with Crippen LogP contribution in [0.3, 0.4) is 0 Å². The molecule has 3 aromatic carbocycles. The molecule has 0 heterocycles. The van der Waals surface area contributed by atoms with Gasteiger partial charge in [-0.2, -0.15) is 0 Å². The fourth-order valence-electron chi connectivity index (χ4n) is 7.89. The molecule has 0 spiro atoms. The number of esters is 1. The van der Waals surface area contributed by atoms with Crippen LogP contribution >= 0.6 is 0 Å². The molecule has 4 saturated carbocycles. The molecular formula is C31H34O3. The predicted molar refractivity (Wildman–Crippen MR) is 136 cm³/mol. The lowest BCUT2D eigenvalue weighted by molar-refractivity contribution is -0.00659. The first-order valence-corrected chi connectivity index (χ1v) is 12.9. The molecule has 1 N–H and O–H groups in total. The van der Waals surface area contributed by atoms with Gasteiger partial charge in [0.2, 0.25) is 0 Å². The summed E-state index contributed by atoms with van der Waals surface area (Å²) in [6.07, 6.45) is 8.40. The SMILES string of the molecule is CCC(O)c1cc2cccc(-c3ccc(C(=O)OC)cc3)c2cc1C12CC3CC(CC(C3)C1)C2. The minimum atomic E-state index is -0.421. The number of ether oxygens (including phenoxy) is 1. The zero-order valence-corrected chi connectivity index (χ0v) is 20.2. The van der Waals surface area contributed by atoms with Gasteiger partial charge in [0.25, 0.3) is 0 Å². The van der Waals surface area contributed by atoms with E-state index in [0.717, 1.165) is 35.3 Å². The van der Waals surface area contributed by atoms with E-state index in [4.69, 9.17) is 4.74 Å². The Morgan fingerprint density at radius 1 is 1.00 bits per heavy atom. The van der Waals surface area contributed by atoms with Gasteiger partial charge in [0, 0.05) is 0 Å². The molecule has 34 heavy (non-hydrogen) atoms. The van der Waals surface area contributed by atoms with Crippen molar-refractivity contribution >= 4 is 16.7 Å². The second-order valence-corrected chi connectivity index (χ2v) is 11.2. The van der Waals surface area contributed by atoms with E-state index in [1.165, 1.54) is 67.5 Å². The summed E-state index contributed by atoms with van der Waals surface area (Å²) < 4.78 is 4.87. The molecule has 7 rings (SSSR count). The Morgan fingerprint density at radius 3 is 2.24 bits per heavy atom. The van der Waals surface area contributed by atoms with Crippen LogP contribution in [0.2, 0.25) is 0 Å². The van der Waals surface area contributed by atoms with Crippen LogP contribution in [0.5, 0.6) is 0 Å². The Labute approximate surface area is 202 Å². The molecular weight excluding hydrogens is 420 g/mol. The summed E-state index contributed by atoms with van der Waals surface area (Å²) in [5, 5.41) is 13.5. The Bertz CT molecular complexity index is 1200. The largest absolute Gasteiger partial charge is 0.465 e. The zero-order valence-electron chi connectivity index (χ0n) is 20.2. The van der Waals surface area contributed by atoms with Gasteiger partial charge < -0.3 is 9.84 Å². The molecule has 0 aromatic heterocycles. The summed E-state index contributed by atoms with van der Waals surface area (Å²) in [6.45, 7) is 2.08. The van der Waals surface area contributed by atoms with Gasteiger partial charge in [0.15, 0.2) is 0 Å². The number of aliphatic hydroxyl groups is 1. The molecule has 1 atom stereocenters. The first-order valence-electron chi connectivity index (χ1n) is 12.9. The van der Waals surface area contributed by atoms with E-state index in [2.05, 4.69) is 37.3 Å². The standard InChI is InChI=1S/C31H34O3/c1-3-29(32)27-14-24-5-4-6-25(22-7-9-23(10-8-22)30(33)34-2)26(24)15-28(27)31-16-19-11-20(17-31)13-21(12-19)18-31/h4-10,14-15,19-21,29,32H,3,11-13,16-18H2,1-2H3. The van der Waals surface area contributed by atoms with Gasteiger partial charge in [-0.1, -0.05) is 37.3 Å². The second kappa shape index (κ2) is 8.23. The molecule has 1 unspecified atom stereocenters. The summed E-state index contributed by atoms with van der Waals surface area (Å²) in [7, 11) is 1.41. The van der Waals surface area contributed by atoms with Crippen molar-refractivity contribution in [2.45, 2.75) is 63.4 Å². The number of carbonyl (C=O) groups is 1. The molecule has 176 valence electrons. The van der Waals surface area contributed by atoms with Crippen LogP contribution in [0.4, 0.5) is 0 Å². The maximum atomic E-state index is 11.9. The van der Waals surface area contributed by atoms with Crippen molar-refractivity contribution in [3.63, 3.8) is 0 Å². The van der Waals surface area contributed by atoms with Crippen LogP contribution in [0.1, 0.15) is 79.5 Å². The molecule has 3 nitrogen and oxygen atoms in total. The van der Waals surface area contributed by atoms with E-state index in [-0.39, 0.29) is 11.4 Å². The fourth-order valence-corrected chi connectivity index (χ4v) is 7.89. The van der Waals surface area contributed by atoms with E-state index in [9.17, 15) is 9.90 Å². The Kier molecular flexibility index (Phi) is 5.29. The number of hydrogen-bond acceptors (Lipinski definition) is 3. The highest BCUT2D eigenvalue weighted by atomic mass is 16.5. The molecule has 4 bridgehead atoms. The molecule has 4 aliphatic carbocycles. The van der Waals surface area contributed by atoms with E-state index in [1.807, 2.05) is 24.3 Å². The van der Waals surface area contributed by atoms with Crippen molar-refractivity contribution in [1.82, 2.24) is 0 Å². The van der Waals surface area contributed by atoms with Crippen molar-refractivity contribution in [2.75, 3.05) is 7.11 Å². The van der Waals surface area contributed by atoms with Crippen molar-refractivity contribution in [1.29, 1.82) is 0 Å². The van der Waals surface area contributed by atoms with Crippen LogP contribution in [0, 0.1) is 17.8 Å². The molecule has 0 amide bonds. The highest BCUT2D eigenvalue weighted by Gasteiger charge is 2.52. The molecule has 0 saturated heterocycles. The highest BCUT2D eigenvalue weighted by molar-refractivity contribution is 5.98. The summed E-state index contributed by atoms with van der Waals surface area (Å²) in [4.78, 5) is 11.9. The van der Waals surface area contributed by atoms with Gasteiger partial charge in [0.05, 0.1) is 18.8 Å². The van der Waals surface area contributed by atoms with Crippen molar-refractivity contribution in [3.8, 4) is 11.1 Å². The number of fused-ring (bicyclic) bond motifs is 1. The van der Waals surface area contributed by atoms with Crippen LogP contribution in [-0.4, -0.2) is 18.2 Å². The van der Waals surface area contributed by atoms with Gasteiger partial charge in [-0.15, -0.1) is 0 Å². The summed E-state index contributed by atoms with van der Waals surface area (Å²) in [5.74, 6) is 2.26. The third-order valence-corrected chi connectivity index (χ3v) is 9.02. The Balaban J connectivity index is 1.51. The third kappa shape index (κ3) is 3.48. The third-order valence-electron chi connectivity index (χ3n) is 9.02. The highest BCUT2D eigenvalue weighted by Crippen LogP contribution is 2.61. The molecule has 4 aliphatic rings. The fraction of sp³-hybridized carbons (Fsp3) is 0.452. The number of rotatable bonds is 5. The maximum Gasteiger partial charge on any atom is 0.337 e. The lowest BCUT2D eigenvalue weighted by atomic mass is 9.47. The van der Waals surface area contributed by atoms with Gasteiger partial charge in [-0.25, -0.2) is 4.79 Å². The van der Waals surface area contributed by atoms with E-state index >= 15 is 0 Å². The first-order chi connectivity index (χ1) is 16.5. The lowest BCUT2D eigenvalue weighted by Gasteiger charge is -2.57. The number of benzene rings is 3. The summed E-state index contributed by atoms with van der Waals surface area (Å²) >= 11 is 0. The topological polar surface area (TPSA) is 46.5 Å². The van der Waals surface area contributed by atoms with E-state index in [1.54, 1.807) is 0 Å². The van der Waals surface area contributed by atoms with Gasteiger partial charge >= 0.3 is 5.97 Å². The Hall–Kier alpha value is -2.65. The maximum absolute atomic E-state index is 11.9. The summed E-state index contributed by atoms with van der Waals surface area (Å²) in [5.41, 5.74) is 5.61. The van der Waals surface area contributed by atoms with Crippen LogP contribution < -0.4 is 0 Å². The van der Waals surface area contributed by atoms with E-state index in [0.29, 0.717) is 5.56 Å². The van der Waals surface area contributed by atoms with Crippen molar-refractivity contribution < 1.29 is 14.6 Å². The van der Waals surface area contributed by atoms with Crippen LogP contribution in [0.25, 0.3) is 21.9 Å². The minimum Gasteiger partial charge on any atom is -0.465 e. The lowest BCUT2D eigenvalue weighted by Crippen LogP contribution is -2.49. The van der Waals surface area contributed by atoms with Gasteiger partial charge in [-0.05, 0) is 125 Å². The smallest absolute Gasteiger partial charge is 0.337 e. The predicted octanol–water partition coefficient (Wildman–Crippen LogP) is 7.20. The number of carbonyl (C=O) groups excluding carboxylic acids is 1. The Morgan fingerprint density at radius 2 is 1.65 bits per heavy atom. The second-order valence-electron chi connectivity index (χ2n) is 11.2. The first kappa shape index (κ1) is 21.9. The average Bonchev–Trinajstić information content (AvgIpc) is 2.86. The average molecular weight is 455 g/mol. The molecule has 0 radical (unpaired) electrons. The summed E-state index contributed by atoms with van der Waals surface area (Å²) in [6, 6.07) is 18.8. The molecule has 4 fully saturated rings. The molecule has 3 aromatic rings. The molecule has 3 heteroatoms. The normalized spacial score (nSPS) is 28.3. The van der Waals surface area contributed by atoms with Crippen LogP contribution in [-0.2, 0) is 10.2 Å². The van der Waals surface area contributed by atoms with E-state index < -0.39 is 6.10 Å². The van der Waals surface area contributed by atoms with Crippen molar-refractivity contribution in [2.24, 2.45) is 17.8 Å². The number of methoxy groups -OCH3 is 1. The van der Waals surface area contributed by atoms with Crippen molar-refractivity contribution in [3.05, 3.63) is 71.3 Å². The van der Waals surface area contributed by atoms with Gasteiger partial charge in [-0.3, -0.25) is 0 Å². The monoisotopic (exact) mass is 454 g/mol. The molecule has 0 aliphatic heterocycles.